The summed E-state index contributed by atoms with van der Waals surface area (Å²) < 4.78 is 32.8. The number of phosphoric acid groups is 1. The molecule has 63 heavy (non-hydrogen) atoms. The van der Waals surface area contributed by atoms with E-state index in [2.05, 4.69) is 135 Å². The molecule has 0 fully saturated rings. The molecule has 0 radical (unpaired) electrons. The van der Waals surface area contributed by atoms with Crippen LogP contribution in [0.25, 0.3) is 0 Å². The fourth-order valence-corrected chi connectivity index (χ4v) is 6.63. The number of nitrogens with two attached hydrogens (primary N) is 1. The number of ether oxygens (including phenoxy) is 2. The molecule has 356 valence electrons. The van der Waals surface area contributed by atoms with E-state index in [1.807, 2.05) is 0 Å². The maximum absolute atomic E-state index is 12.6. The van der Waals surface area contributed by atoms with E-state index in [4.69, 9.17) is 24.3 Å². The molecule has 0 aliphatic rings. The zero-order chi connectivity index (χ0) is 46.0. The van der Waals surface area contributed by atoms with Crippen LogP contribution < -0.4 is 5.73 Å². The van der Waals surface area contributed by atoms with Gasteiger partial charge in [0.2, 0.25) is 0 Å². The first-order valence-electron chi connectivity index (χ1n) is 24.0. The highest BCUT2D eigenvalue weighted by Gasteiger charge is 2.26. The van der Waals surface area contributed by atoms with E-state index in [-0.39, 0.29) is 32.6 Å². The SMILES string of the molecule is CC/C=C\C/C=C\C/C=C\C/C=C\C/C=C\CCCCCCCCCC(=O)OC(COC(=O)CCCCC/C=C\C/C=C\C/C=C\C/C=C\C/C=C\CC)COP(=O)(O)OCCN. The van der Waals surface area contributed by atoms with Crippen LogP contribution in [0.1, 0.15) is 168 Å². The van der Waals surface area contributed by atoms with Crippen LogP contribution in [0.3, 0.4) is 0 Å². The minimum absolute atomic E-state index is 0.0390. The third-order valence-electron chi connectivity index (χ3n) is 9.34. The second-order valence-electron chi connectivity index (χ2n) is 15.2. The Kier molecular flexibility index (Phi) is 45.2. The predicted octanol–water partition coefficient (Wildman–Crippen LogP) is 14.5. The minimum atomic E-state index is -4.40. The van der Waals surface area contributed by atoms with Crippen molar-refractivity contribution in [2.75, 3.05) is 26.4 Å². The second-order valence-corrected chi connectivity index (χ2v) is 16.7. The number of esters is 2. The van der Waals surface area contributed by atoms with Gasteiger partial charge in [-0.25, -0.2) is 4.57 Å². The predicted molar refractivity (Wildman–Crippen MR) is 265 cm³/mol. The van der Waals surface area contributed by atoms with Crippen LogP contribution in [0.4, 0.5) is 0 Å². The topological polar surface area (TPSA) is 134 Å². The average Bonchev–Trinajstić information content (AvgIpc) is 3.27. The van der Waals surface area contributed by atoms with Crippen molar-refractivity contribution in [2.24, 2.45) is 5.73 Å². The molecular weight excluding hydrogens is 810 g/mol. The monoisotopic (exact) mass is 896 g/mol. The van der Waals surface area contributed by atoms with Crippen LogP contribution in [-0.4, -0.2) is 49.3 Å². The summed E-state index contributed by atoms with van der Waals surface area (Å²) in [5.74, 6) is -0.891. The van der Waals surface area contributed by atoms with E-state index < -0.39 is 32.5 Å². The molecule has 0 aliphatic heterocycles. The van der Waals surface area contributed by atoms with Crippen LogP contribution in [0, 0.1) is 0 Å². The molecule has 0 aromatic heterocycles. The Labute approximate surface area is 383 Å². The van der Waals surface area contributed by atoms with E-state index in [0.717, 1.165) is 116 Å². The Morgan fingerprint density at radius 1 is 0.476 bits per heavy atom. The number of hydrogen-bond acceptors (Lipinski definition) is 8. The summed E-state index contributed by atoms with van der Waals surface area (Å²) in [5, 5.41) is 0. The normalized spacial score (nSPS) is 14.3. The van der Waals surface area contributed by atoms with Gasteiger partial charge in [0.1, 0.15) is 6.61 Å². The molecule has 10 heteroatoms. The van der Waals surface area contributed by atoms with Crippen LogP contribution in [0.5, 0.6) is 0 Å². The summed E-state index contributed by atoms with van der Waals surface area (Å²) >= 11 is 0. The summed E-state index contributed by atoms with van der Waals surface area (Å²) in [6.45, 7) is 3.43. The molecule has 0 saturated heterocycles. The van der Waals surface area contributed by atoms with E-state index in [1.165, 1.54) is 12.8 Å². The lowest BCUT2D eigenvalue weighted by atomic mass is 10.1. The molecule has 2 unspecified atom stereocenters. The van der Waals surface area contributed by atoms with Crippen LogP contribution >= 0.6 is 7.82 Å². The van der Waals surface area contributed by atoms with Crippen molar-refractivity contribution in [1.29, 1.82) is 0 Å². The lowest BCUT2D eigenvalue weighted by molar-refractivity contribution is -0.161. The summed E-state index contributed by atoms with van der Waals surface area (Å²) in [6.07, 6.45) is 65.1. The van der Waals surface area contributed by atoms with Gasteiger partial charge in [0, 0.05) is 19.4 Å². The first-order valence-corrected chi connectivity index (χ1v) is 25.5. The van der Waals surface area contributed by atoms with E-state index in [0.29, 0.717) is 12.8 Å². The number of hydrogen-bond donors (Lipinski definition) is 2. The fraction of sp³-hybridized carbons (Fsp3) is 0.585. The first kappa shape index (κ1) is 59.4. The number of phosphoric ester groups is 1. The number of carbonyl (C=O) groups excluding carboxylic acids is 2. The summed E-state index contributed by atoms with van der Waals surface area (Å²) in [6, 6.07) is 0. The zero-order valence-electron chi connectivity index (χ0n) is 39.3. The van der Waals surface area contributed by atoms with Gasteiger partial charge in [0.05, 0.1) is 13.2 Å². The van der Waals surface area contributed by atoms with Gasteiger partial charge in [-0.05, 0) is 103 Å². The number of allylic oxidation sites excluding steroid dienone is 20. The number of unbranched alkanes of at least 4 members (excludes halogenated alkanes) is 10. The summed E-state index contributed by atoms with van der Waals surface area (Å²) in [4.78, 5) is 35.0. The van der Waals surface area contributed by atoms with Crippen LogP contribution in [0.15, 0.2) is 122 Å². The third-order valence-corrected chi connectivity index (χ3v) is 10.3. The van der Waals surface area contributed by atoms with Crippen molar-refractivity contribution in [2.45, 2.75) is 174 Å². The van der Waals surface area contributed by atoms with Crippen LogP contribution in [0.2, 0.25) is 0 Å². The Bertz CT molecular complexity index is 1440. The minimum Gasteiger partial charge on any atom is -0.462 e. The highest BCUT2D eigenvalue weighted by Crippen LogP contribution is 2.43. The fourth-order valence-electron chi connectivity index (χ4n) is 5.86. The summed E-state index contributed by atoms with van der Waals surface area (Å²) in [7, 11) is -4.40. The molecule has 2 atom stereocenters. The van der Waals surface area contributed by atoms with Gasteiger partial charge in [-0.1, -0.05) is 174 Å². The lowest BCUT2D eigenvalue weighted by Crippen LogP contribution is -2.29. The molecule has 0 aliphatic carbocycles. The van der Waals surface area contributed by atoms with Gasteiger partial charge in [0.25, 0.3) is 0 Å². The van der Waals surface area contributed by atoms with Gasteiger partial charge in [-0.3, -0.25) is 18.6 Å². The number of carbonyl (C=O) groups is 2. The molecule has 0 amide bonds. The highest BCUT2D eigenvalue weighted by atomic mass is 31.2. The highest BCUT2D eigenvalue weighted by molar-refractivity contribution is 7.47. The molecule has 0 heterocycles. The van der Waals surface area contributed by atoms with E-state index >= 15 is 0 Å². The van der Waals surface area contributed by atoms with Gasteiger partial charge in [-0.2, -0.15) is 0 Å². The molecule has 0 aromatic rings. The van der Waals surface area contributed by atoms with Crippen LogP contribution in [-0.2, 0) is 32.7 Å². The Balaban J connectivity index is 4.21. The molecule has 0 spiro atoms. The van der Waals surface area contributed by atoms with Gasteiger partial charge >= 0.3 is 19.8 Å². The van der Waals surface area contributed by atoms with Crippen molar-refractivity contribution >= 4 is 19.8 Å². The molecule has 0 aromatic carbocycles. The molecular formula is C53H86NO8P. The van der Waals surface area contributed by atoms with Gasteiger partial charge in [-0.15, -0.1) is 0 Å². The van der Waals surface area contributed by atoms with Crippen molar-refractivity contribution in [3.8, 4) is 0 Å². The molecule has 0 saturated carbocycles. The first-order chi connectivity index (χ1) is 30.8. The van der Waals surface area contributed by atoms with Crippen molar-refractivity contribution in [3.05, 3.63) is 122 Å². The van der Waals surface area contributed by atoms with Crippen molar-refractivity contribution in [3.63, 3.8) is 0 Å². The zero-order valence-corrected chi connectivity index (χ0v) is 40.1. The second kappa shape index (κ2) is 47.9. The van der Waals surface area contributed by atoms with Crippen molar-refractivity contribution < 1.29 is 37.6 Å². The Morgan fingerprint density at radius 3 is 1.24 bits per heavy atom. The third kappa shape index (κ3) is 47.7. The molecule has 0 rings (SSSR count). The lowest BCUT2D eigenvalue weighted by Gasteiger charge is -2.19. The largest absolute Gasteiger partial charge is 0.472 e. The maximum atomic E-state index is 12.6. The van der Waals surface area contributed by atoms with Gasteiger partial charge in [0.15, 0.2) is 6.10 Å². The van der Waals surface area contributed by atoms with E-state index in [9.17, 15) is 19.0 Å². The molecule has 3 N–H and O–H groups in total. The average molecular weight is 896 g/mol. The number of rotatable bonds is 43. The maximum Gasteiger partial charge on any atom is 0.472 e. The Hall–Kier alpha value is -3.59. The molecule has 0 bridgehead atoms. The van der Waals surface area contributed by atoms with Crippen molar-refractivity contribution in [1.82, 2.24) is 0 Å². The smallest absolute Gasteiger partial charge is 0.462 e. The summed E-state index contributed by atoms with van der Waals surface area (Å²) in [5.41, 5.74) is 5.36. The standard InChI is InChI=1S/C53H86NO8P/c1-3-5-7-9-11-13-15-17-19-21-23-24-25-26-28-30-32-34-36-38-40-42-44-46-53(56)62-51(50-61-63(57,58)60-48-47-54)49-59-52(55)45-43-41-39-37-35-33-31-29-27-22-20-18-16-14-12-10-8-6-4-2/h5-8,11-14,17-20,23-24,26-29,33,35,51H,3-4,9-10,15-16,21-22,25,30-32,34,36-50,54H2,1-2H3,(H,57,58)/b7-5-,8-6-,13-11-,14-12-,19-17-,20-18-,24-23-,28-26-,29-27-,35-33-. The van der Waals surface area contributed by atoms with Gasteiger partial charge < -0.3 is 20.1 Å². The quantitative estimate of drug-likeness (QED) is 0.0265. The Morgan fingerprint density at radius 2 is 0.825 bits per heavy atom. The molecule has 9 nitrogen and oxygen atoms in total. The van der Waals surface area contributed by atoms with E-state index in [1.54, 1.807) is 0 Å².